The Balaban J connectivity index is 1.96. The van der Waals surface area contributed by atoms with Crippen molar-refractivity contribution in [2.24, 2.45) is 0 Å². The first-order valence-corrected chi connectivity index (χ1v) is 7.62. The lowest BCUT2D eigenvalue weighted by molar-refractivity contribution is -0.139. The fraction of sp³-hybridized carbons (Fsp3) is 0.267. The lowest BCUT2D eigenvalue weighted by atomic mass is 10.2. The van der Waals surface area contributed by atoms with Crippen LogP contribution >= 0.6 is 11.3 Å². The Morgan fingerprint density at radius 3 is 2.68 bits per heavy atom. The number of nitrogens with zero attached hydrogens (tertiary/aromatic N) is 1. The third-order valence-electron chi connectivity index (χ3n) is 2.89. The molecule has 0 saturated carbocycles. The predicted molar refractivity (Wildman–Crippen MR) is 81.6 cm³/mol. The van der Waals surface area contributed by atoms with Gasteiger partial charge in [0.2, 0.25) is 0 Å². The van der Waals surface area contributed by atoms with Crippen molar-refractivity contribution in [2.45, 2.75) is 26.0 Å². The molecule has 116 valence electrons. The normalized spacial score (nSPS) is 11.7. The number of hydrogen-bond donors (Lipinski definition) is 2. The fourth-order valence-corrected chi connectivity index (χ4v) is 2.54. The average molecular weight is 320 g/mol. The van der Waals surface area contributed by atoms with Crippen molar-refractivity contribution in [3.63, 3.8) is 0 Å². The van der Waals surface area contributed by atoms with Crippen LogP contribution in [0.4, 0.5) is 4.79 Å². The number of amides is 1. The van der Waals surface area contributed by atoms with E-state index in [0.717, 1.165) is 17.0 Å². The number of benzene rings is 1. The lowest BCUT2D eigenvalue weighted by Crippen LogP contribution is -2.34. The third kappa shape index (κ3) is 4.29. The van der Waals surface area contributed by atoms with Crippen LogP contribution in [0.15, 0.2) is 35.7 Å². The standard InChI is InChI=1S/C15H16N2O4S/c1-2-12-16-11(9-22-12)13(14(18)19)17-15(20)21-8-10-6-4-3-5-7-10/h3-7,9,13H,2,8H2,1H3,(H,17,20)(H,18,19). The molecule has 0 aliphatic rings. The van der Waals surface area contributed by atoms with E-state index in [-0.39, 0.29) is 6.61 Å². The highest BCUT2D eigenvalue weighted by Gasteiger charge is 2.25. The van der Waals surface area contributed by atoms with Crippen molar-refractivity contribution >= 4 is 23.4 Å². The van der Waals surface area contributed by atoms with Gasteiger partial charge in [-0.1, -0.05) is 37.3 Å². The second-order valence-corrected chi connectivity index (χ2v) is 5.44. The number of aliphatic carboxylic acids is 1. The van der Waals surface area contributed by atoms with Crippen LogP contribution in [0.1, 0.15) is 29.2 Å². The molecule has 1 aromatic carbocycles. The number of ether oxygens (including phenoxy) is 1. The third-order valence-corrected chi connectivity index (χ3v) is 3.90. The monoisotopic (exact) mass is 320 g/mol. The fourth-order valence-electron chi connectivity index (χ4n) is 1.76. The lowest BCUT2D eigenvalue weighted by Gasteiger charge is -2.12. The van der Waals surface area contributed by atoms with Gasteiger partial charge in [0.1, 0.15) is 6.61 Å². The second-order valence-electron chi connectivity index (χ2n) is 4.50. The summed E-state index contributed by atoms with van der Waals surface area (Å²) in [4.78, 5) is 27.3. The molecule has 1 amide bonds. The van der Waals surface area contributed by atoms with Crippen LogP contribution in [0.5, 0.6) is 0 Å². The second kappa shape index (κ2) is 7.56. The number of alkyl carbamates (subject to hydrolysis) is 1. The Kier molecular flexibility index (Phi) is 5.48. The number of carbonyl (C=O) groups is 2. The van der Waals surface area contributed by atoms with Gasteiger partial charge in [-0.3, -0.25) is 0 Å². The van der Waals surface area contributed by atoms with E-state index >= 15 is 0 Å². The number of thiazole rings is 1. The topological polar surface area (TPSA) is 88.5 Å². The van der Waals surface area contributed by atoms with Crippen LogP contribution < -0.4 is 5.32 Å². The van der Waals surface area contributed by atoms with E-state index in [4.69, 9.17) is 4.74 Å². The number of carbonyl (C=O) groups excluding carboxylic acids is 1. The summed E-state index contributed by atoms with van der Waals surface area (Å²) >= 11 is 1.37. The van der Waals surface area contributed by atoms with Gasteiger partial charge in [-0.15, -0.1) is 11.3 Å². The number of carboxylic acid groups (broad SMARTS) is 1. The predicted octanol–water partition coefficient (Wildman–Crippen LogP) is 2.76. The van der Waals surface area contributed by atoms with Gasteiger partial charge in [-0.2, -0.15) is 0 Å². The average Bonchev–Trinajstić information content (AvgIpc) is 3.00. The summed E-state index contributed by atoms with van der Waals surface area (Å²) in [6, 6.07) is 7.94. The largest absolute Gasteiger partial charge is 0.479 e. The number of aryl methyl sites for hydroxylation is 1. The zero-order chi connectivity index (χ0) is 15.9. The summed E-state index contributed by atoms with van der Waals surface area (Å²) in [6.07, 6.45) is -0.0718. The van der Waals surface area contributed by atoms with Crippen LogP contribution in [-0.2, 0) is 22.6 Å². The SMILES string of the molecule is CCc1nc(C(NC(=O)OCc2ccccc2)C(=O)O)cs1. The summed E-state index contributed by atoms with van der Waals surface area (Å²) in [6.45, 7) is 2.01. The molecule has 1 aromatic heterocycles. The summed E-state index contributed by atoms with van der Waals surface area (Å²) in [5.41, 5.74) is 1.14. The zero-order valence-electron chi connectivity index (χ0n) is 12.0. The Hall–Kier alpha value is -2.41. The van der Waals surface area contributed by atoms with Gasteiger partial charge < -0.3 is 15.2 Å². The van der Waals surface area contributed by atoms with E-state index in [1.165, 1.54) is 11.3 Å². The van der Waals surface area contributed by atoms with Gasteiger partial charge in [0.15, 0.2) is 6.04 Å². The Labute approximate surface area is 131 Å². The van der Waals surface area contributed by atoms with Crippen molar-refractivity contribution in [1.82, 2.24) is 10.3 Å². The molecular formula is C15H16N2O4S. The first kappa shape index (κ1) is 16.0. The molecule has 22 heavy (non-hydrogen) atoms. The molecule has 0 radical (unpaired) electrons. The van der Waals surface area contributed by atoms with Crippen LogP contribution in [0, 0.1) is 0 Å². The summed E-state index contributed by atoms with van der Waals surface area (Å²) in [7, 11) is 0. The molecule has 2 rings (SSSR count). The summed E-state index contributed by atoms with van der Waals surface area (Å²) in [5, 5.41) is 14.0. The maximum Gasteiger partial charge on any atom is 0.408 e. The highest BCUT2D eigenvalue weighted by molar-refractivity contribution is 7.09. The summed E-state index contributed by atoms with van der Waals surface area (Å²) < 4.78 is 5.03. The Morgan fingerprint density at radius 1 is 1.36 bits per heavy atom. The van der Waals surface area contributed by atoms with Crippen LogP contribution in [0.3, 0.4) is 0 Å². The van der Waals surface area contributed by atoms with Crippen molar-refractivity contribution in [3.05, 3.63) is 52.0 Å². The number of carboxylic acids is 1. The minimum Gasteiger partial charge on any atom is -0.479 e. The van der Waals surface area contributed by atoms with E-state index in [9.17, 15) is 14.7 Å². The molecule has 7 heteroatoms. The molecule has 0 spiro atoms. The van der Waals surface area contributed by atoms with Crippen molar-refractivity contribution in [3.8, 4) is 0 Å². The molecule has 0 aliphatic carbocycles. The van der Waals surface area contributed by atoms with Crippen molar-refractivity contribution in [2.75, 3.05) is 0 Å². The van der Waals surface area contributed by atoms with Gasteiger partial charge >= 0.3 is 12.1 Å². The molecule has 1 unspecified atom stereocenters. The zero-order valence-corrected chi connectivity index (χ0v) is 12.8. The van der Waals surface area contributed by atoms with Gasteiger partial charge in [0.05, 0.1) is 10.7 Å². The van der Waals surface area contributed by atoms with E-state index in [1.54, 1.807) is 5.38 Å². The summed E-state index contributed by atoms with van der Waals surface area (Å²) in [5.74, 6) is -1.18. The number of aromatic nitrogens is 1. The number of hydrogen-bond acceptors (Lipinski definition) is 5. The molecule has 0 aliphatic heterocycles. The first-order chi connectivity index (χ1) is 10.6. The molecule has 0 saturated heterocycles. The molecular weight excluding hydrogens is 304 g/mol. The van der Waals surface area contributed by atoms with Crippen LogP contribution in [-0.4, -0.2) is 22.2 Å². The molecule has 6 nitrogen and oxygen atoms in total. The molecule has 0 fully saturated rings. The van der Waals surface area contributed by atoms with Crippen LogP contribution in [0.2, 0.25) is 0 Å². The quantitative estimate of drug-likeness (QED) is 0.854. The van der Waals surface area contributed by atoms with Gasteiger partial charge in [-0.05, 0) is 12.0 Å². The van der Waals surface area contributed by atoms with E-state index < -0.39 is 18.1 Å². The van der Waals surface area contributed by atoms with Gasteiger partial charge in [0, 0.05) is 5.38 Å². The molecule has 1 heterocycles. The highest BCUT2D eigenvalue weighted by atomic mass is 32.1. The van der Waals surface area contributed by atoms with Crippen molar-refractivity contribution < 1.29 is 19.4 Å². The molecule has 2 aromatic rings. The molecule has 1 atom stereocenters. The Bertz CT molecular complexity index is 642. The minimum absolute atomic E-state index is 0.0797. The van der Waals surface area contributed by atoms with Crippen molar-refractivity contribution in [1.29, 1.82) is 0 Å². The van der Waals surface area contributed by atoms with E-state index in [1.807, 2.05) is 37.3 Å². The number of nitrogens with one attached hydrogen (secondary N) is 1. The maximum atomic E-state index is 11.8. The number of rotatable bonds is 6. The Morgan fingerprint density at radius 2 is 2.09 bits per heavy atom. The smallest absolute Gasteiger partial charge is 0.408 e. The minimum atomic E-state index is -1.21. The molecule has 0 bridgehead atoms. The van der Waals surface area contributed by atoms with Gasteiger partial charge in [0.25, 0.3) is 0 Å². The highest BCUT2D eigenvalue weighted by Crippen LogP contribution is 2.18. The van der Waals surface area contributed by atoms with E-state index in [0.29, 0.717) is 5.69 Å². The maximum absolute atomic E-state index is 11.8. The van der Waals surface area contributed by atoms with Crippen LogP contribution in [0.25, 0.3) is 0 Å². The first-order valence-electron chi connectivity index (χ1n) is 6.74. The van der Waals surface area contributed by atoms with E-state index in [2.05, 4.69) is 10.3 Å². The van der Waals surface area contributed by atoms with Gasteiger partial charge in [-0.25, -0.2) is 14.6 Å². The molecule has 2 N–H and O–H groups in total.